The van der Waals surface area contributed by atoms with E-state index in [0.717, 1.165) is 5.66 Å². The molecule has 1 aromatic carbocycles. The Kier molecular flexibility index (Phi) is 1.50. The molecule has 0 fully saturated rings. The van der Waals surface area contributed by atoms with Crippen LogP contribution >= 0.6 is 9.24 Å². The topological polar surface area (TPSA) is 0 Å². The molecule has 0 aromatic heterocycles. The van der Waals surface area contributed by atoms with Gasteiger partial charge in [-0.05, 0) is 29.6 Å². The lowest BCUT2D eigenvalue weighted by Gasteiger charge is -2.01. The van der Waals surface area contributed by atoms with Gasteiger partial charge in [-0.25, -0.2) is 0 Å². The fourth-order valence-electron chi connectivity index (χ4n) is 1.59. The molecule has 2 rings (SSSR count). The zero-order valence-corrected chi connectivity index (χ0v) is 7.03. The first-order chi connectivity index (χ1) is 4.88. The molecule has 0 saturated heterocycles. The van der Waals surface area contributed by atoms with Crippen LogP contribution in [0.4, 0.5) is 0 Å². The van der Waals surface area contributed by atoms with E-state index in [-0.39, 0.29) is 0 Å². The molecule has 0 nitrogen and oxygen atoms in total. The van der Waals surface area contributed by atoms with Gasteiger partial charge >= 0.3 is 0 Å². The number of hydrogen-bond donors (Lipinski definition) is 0. The average Bonchev–Trinajstić information content (AvgIpc) is 2.34. The van der Waals surface area contributed by atoms with Crippen LogP contribution in [0, 0.1) is 0 Å². The maximum Gasteiger partial charge on any atom is -0.000869 e. The second-order valence-corrected chi connectivity index (χ2v) is 3.65. The SMILES string of the molecule is P[C@@H]1CCc2ccccc21. The Morgan fingerprint density at radius 1 is 1.30 bits per heavy atom. The summed E-state index contributed by atoms with van der Waals surface area (Å²) in [5.74, 6) is 0. The zero-order chi connectivity index (χ0) is 6.97. The van der Waals surface area contributed by atoms with Crippen molar-refractivity contribution in [2.24, 2.45) is 0 Å². The van der Waals surface area contributed by atoms with Gasteiger partial charge in [0.05, 0.1) is 0 Å². The minimum absolute atomic E-state index is 0.719. The van der Waals surface area contributed by atoms with E-state index in [4.69, 9.17) is 0 Å². The van der Waals surface area contributed by atoms with E-state index in [1.807, 2.05) is 0 Å². The molecule has 1 aliphatic carbocycles. The van der Waals surface area contributed by atoms with Crippen molar-refractivity contribution < 1.29 is 0 Å². The van der Waals surface area contributed by atoms with Crippen molar-refractivity contribution in [3.05, 3.63) is 35.4 Å². The number of benzene rings is 1. The van der Waals surface area contributed by atoms with Crippen LogP contribution in [0.25, 0.3) is 0 Å². The maximum atomic E-state index is 2.90. The van der Waals surface area contributed by atoms with Gasteiger partial charge in [0.1, 0.15) is 0 Å². The minimum Gasteiger partial charge on any atom is -0.130 e. The number of hydrogen-bond acceptors (Lipinski definition) is 0. The number of aryl methyl sites for hydroxylation is 1. The molecule has 1 heteroatoms. The number of fused-ring (bicyclic) bond motifs is 1. The van der Waals surface area contributed by atoms with Crippen molar-refractivity contribution in [3.63, 3.8) is 0 Å². The summed E-state index contributed by atoms with van der Waals surface area (Å²) in [6.07, 6.45) is 2.58. The van der Waals surface area contributed by atoms with Crippen LogP contribution in [0.3, 0.4) is 0 Å². The van der Waals surface area contributed by atoms with Gasteiger partial charge in [0.25, 0.3) is 0 Å². The van der Waals surface area contributed by atoms with Gasteiger partial charge in [-0.3, -0.25) is 0 Å². The van der Waals surface area contributed by atoms with Crippen molar-refractivity contribution in [1.29, 1.82) is 0 Å². The van der Waals surface area contributed by atoms with Crippen LogP contribution in [0.2, 0.25) is 0 Å². The van der Waals surface area contributed by atoms with Gasteiger partial charge in [0.2, 0.25) is 0 Å². The highest BCUT2D eigenvalue weighted by Gasteiger charge is 2.16. The van der Waals surface area contributed by atoms with Gasteiger partial charge in [-0.2, -0.15) is 0 Å². The van der Waals surface area contributed by atoms with Crippen LogP contribution in [0.5, 0.6) is 0 Å². The lowest BCUT2D eigenvalue weighted by atomic mass is 10.1. The predicted octanol–water partition coefficient (Wildman–Crippen LogP) is 2.55. The third-order valence-corrected chi connectivity index (χ3v) is 2.87. The third kappa shape index (κ3) is 0.876. The highest BCUT2D eigenvalue weighted by Crippen LogP contribution is 2.36. The van der Waals surface area contributed by atoms with Crippen LogP contribution in [-0.4, -0.2) is 0 Å². The highest BCUT2D eigenvalue weighted by atomic mass is 31.0. The monoisotopic (exact) mass is 150 g/mol. The highest BCUT2D eigenvalue weighted by molar-refractivity contribution is 7.17. The first-order valence-electron chi connectivity index (χ1n) is 3.71. The molecule has 0 aliphatic heterocycles. The summed E-state index contributed by atoms with van der Waals surface area (Å²) in [6.45, 7) is 0. The first kappa shape index (κ1) is 6.37. The Labute approximate surface area is 63.9 Å². The third-order valence-electron chi connectivity index (χ3n) is 2.18. The smallest absolute Gasteiger partial charge is 0.000869 e. The summed E-state index contributed by atoms with van der Waals surface area (Å²) in [6, 6.07) is 8.72. The molecule has 10 heavy (non-hydrogen) atoms. The molecule has 1 unspecified atom stereocenters. The lowest BCUT2D eigenvalue weighted by Crippen LogP contribution is -1.80. The minimum atomic E-state index is 0.719. The molecule has 1 aliphatic rings. The lowest BCUT2D eigenvalue weighted by molar-refractivity contribution is 0.892. The molecule has 0 spiro atoms. The van der Waals surface area contributed by atoms with E-state index < -0.39 is 0 Å². The molecule has 2 atom stereocenters. The molecule has 0 radical (unpaired) electrons. The maximum absolute atomic E-state index is 2.90. The summed E-state index contributed by atoms with van der Waals surface area (Å²) >= 11 is 0. The Hall–Kier alpha value is -0.350. The van der Waals surface area contributed by atoms with Crippen molar-refractivity contribution in [2.75, 3.05) is 0 Å². The van der Waals surface area contributed by atoms with E-state index >= 15 is 0 Å². The Balaban J connectivity index is 2.51. The number of rotatable bonds is 0. The Bertz CT molecular complexity index is 242. The van der Waals surface area contributed by atoms with Crippen LogP contribution in [0.1, 0.15) is 23.2 Å². The predicted molar refractivity (Wildman–Crippen MR) is 47.2 cm³/mol. The fraction of sp³-hybridized carbons (Fsp3) is 0.333. The van der Waals surface area contributed by atoms with Crippen molar-refractivity contribution in [3.8, 4) is 0 Å². The van der Waals surface area contributed by atoms with E-state index in [2.05, 4.69) is 33.5 Å². The second kappa shape index (κ2) is 2.36. The molecule has 0 N–H and O–H groups in total. The summed E-state index contributed by atoms with van der Waals surface area (Å²) < 4.78 is 0. The normalized spacial score (nSPS) is 22.7. The van der Waals surface area contributed by atoms with Crippen molar-refractivity contribution >= 4 is 9.24 Å². The van der Waals surface area contributed by atoms with Crippen molar-refractivity contribution in [1.82, 2.24) is 0 Å². The van der Waals surface area contributed by atoms with Crippen LogP contribution in [0.15, 0.2) is 24.3 Å². The van der Waals surface area contributed by atoms with E-state index in [9.17, 15) is 0 Å². The summed E-state index contributed by atoms with van der Waals surface area (Å²) in [5, 5.41) is 0. The fourth-order valence-corrected chi connectivity index (χ4v) is 2.08. The molecule has 0 bridgehead atoms. The Morgan fingerprint density at radius 2 is 2.10 bits per heavy atom. The summed E-state index contributed by atoms with van der Waals surface area (Å²) in [7, 11) is 2.90. The standard InChI is InChI=1S/C9H11P/c10-9-6-5-7-3-1-2-4-8(7)9/h1-4,9H,5-6,10H2/t9-/m1/s1. The van der Waals surface area contributed by atoms with Gasteiger partial charge in [0, 0.05) is 0 Å². The Morgan fingerprint density at radius 3 is 2.90 bits per heavy atom. The van der Waals surface area contributed by atoms with E-state index in [0.29, 0.717) is 0 Å². The quantitative estimate of drug-likeness (QED) is 0.498. The molecule has 1 aromatic rings. The molecular weight excluding hydrogens is 139 g/mol. The molecule has 0 amide bonds. The molecule has 0 saturated carbocycles. The van der Waals surface area contributed by atoms with Gasteiger partial charge < -0.3 is 0 Å². The van der Waals surface area contributed by atoms with E-state index in [1.54, 1.807) is 5.56 Å². The van der Waals surface area contributed by atoms with E-state index in [1.165, 1.54) is 18.4 Å². The summed E-state index contributed by atoms with van der Waals surface area (Å²) in [5.41, 5.74) is 3.80. The zero-order valence-electron chi connectivity index (χ0n) is 5.88. The first-order valence-corrected chi connectivity index (χ1v) is 4.38. The summed E-state index contributed by atoms with van der Waals surface area (Å²) in [4.78, 5) is 0. The molecular formula is C9H11P. The van der Waals surface area contributed by atoms with Gasteiger partial charge in [-0.1, -0.05) is 24.3 Å². The van der Waals surface area contributed by atoms with Crippen LogP contribution < -0.4 is 0 Å². The van der Waals surface area contributed by atoms with Crippen LogP contribution in [-0.2, 0) is 6.42 Å². The molecule has 0 heterocycles. The molecule has 52 valence electrons. The van der Waals surface area contributed by atoms with Gasteiger partial charge in [0.15, 0.2) is 0 Å². The van der Waals surface area contributed by atoms with Gasteiger partial charge in [-0.15, -0.1) is 9.24 Å². The average molecular weight is 150 g/mol. The second-order valence-electron chi connectivity index (χ2n) is 2.84. The largest absolute Gasteiger partial charge is 0.130 e. The van der Waals surface area contributed by atoms with Crippen molar-refractivity contribution in [2.45, 2.75) is 18.5 Å².